The minimum absolute atomic E-state index is 0.104. The minimum atomic E-state index is -1.74. The van der Waals surface area contributed by atoms with Crippen molar-refractivity contribution in [2.45, 2.75) is 30.1 Å². The van der Waals surface area contributed by atoms with Crippen LogP contribution in [0.3, 0.4) is 0 Å². The van der Waals surface area contributed by atoms with Crippen molar-refractivity contribution in [1.29, 1.82) is 0 Å². The lowest BCUT2D eigenvalue weighted by Crippen LogP contribution is -2.20. The molecule has 0 heterocycles. The summed E-state index contributed by atoms with van der Waals surface area (Å²) in [6.07, 6.45) is 0.647. The lowest BCUT2D eigenvalue weighted by Gasteiger charge is -2.19. The number of hydrogen-bond acceptors (Lipinski definition) is 5. The van der Waals surface area contributed by atoms with E-state index in [9.17, 15) is 22.4 Å². The van der Waals surface area contributed by atoms with Crippen LogP contribution in [0.15, 0.2) is 4.90 Å². The molecule has 2 N–H and O–H groups in total. The minimum Gasteiger partial charge on any atom is -0.481 e. The van der Waals surface area contributed by atoms with Crippen molar-refractivity contribution in [3.63, 3.8) is 0 Å². The summed E-state index contributed by atoms with van der Waals surface area (Å²) in [6.45, 7) is 0. The largest absolute Gasteiger partial charge is 0.481 e. The Bertz CT molecular complexity index is 568. The van der Waals surface area contributed by atoms with Crippen LogP contribution < -0.4 is 0 Å². The first-order valence-electron chi connectivity index (χ1n) is 6.13. The molecule has 2 unspecified atom stereocenters. The van der Waals surface area contributed by atoms with E-state index in [0.717, 1.165) is 0 Å². The lowest BCUT2D eigenvalue weighted by atomic mass is 9.88. The molecule has 1 aliphatic rings. The number of hydrogen-bond donors (Lipinski definition) is 2. The quantitative estimate of drug-likeness (QED) is 0.280. The molecule has 0 amide bonds. The number of halogens is 4. The Balaban J connectivity index is 2.51. The number of rotatable bonds is 5. The van der Waals surface area contributed by atoms with E-state index in [0.29, 0.717) is 6.42 Å². The molecule has 2 rings (SSSR count). The maximum atomic E-state index is 14.1. The molecule has 122 valence electrons. The Morgan fingerprint density at radius 1 is 1.09 bits per heavy atom. The van der Waals surface area contributed by atoms with Crippen LogP contribution in [-0.4, -0.2) is 16.3 Å². The fourth-order valence-electron chi connectivity index (χ4n) is 2.68. The smallest absolute Gasteiger partial charge is 0.307 e. The highest BCUT2D eigenvalue weighted by molar-refractivity contribution is 7.94. The summed E-state index contributed by atoms with van der Waals surface area (Å²) in [4.78, 5) is 9.90. The zero-order valence-electron chi connectivity index (χ0n) is 10.8. The SMILES string of the molecule is O=C(O)C1CCCC1c1c(F)c(F)c(SOOO)c(F)c1F. The van der Waals surface area contributed by atoms with Gasteiger partial charge in [-0.1, -0.05) is 11.5 Å². The predicted molar refractivity (Wildman–Crippen MR) is 64.6 cm³/mol. The van der Waals surface area contributed by atoms with E-state index < -0.39 is 51.5 Å². The molecule has 0 aliphatic heterocycles. The van der Waals surface area contributed by atoms with Gasteiger partial charge in [0.1, 0.15) is 4.90 Å². The van der Waals surface area contributed by atoms with Gasteiger partial charge >= 0.3 is 5.97 Å². The summed E-state index contributed by atoms with van der Waals surface area (Å²) >= 11 is -0.258. The molecule has 1 fully saturated rings. The highest BCUT2D eigenvalue weighted by atomic mass is 32.2. The summed E-state index contributed by atoms with van der Waals surface area (Å²) in [5, 5.41) is 20.1. The van der Waals surface area contributed by atoms with Crippen LogP contribution in [0.1, 0.15) is 30.7 Å². The van der Waals surface area contributed by atoms with Crippen molar-refractivity contribution in [2.24, 2.45) is 5.92 Å². The molecule has 0 bridgehead atoms. The van der Waals surface area contributed by atoms with Crippen molar-refractivity contribution in [2.75, 3.05) is 0 Å². The van der Waals surface area contributed by atoms with Gasteiger partial charge in [0.15, 0.2) is 23.3 Å². The Kier molecular flexibility index (Phi) is 5.27. The van der Waals surface area contributed by atoms with E-state index in [1.807, 2.05) is 0 Å². The fourth-order valence-corrected chi connectivity index (χ4v) is 3.10. The molecule has 1 aromatic carbocycles. The highest BCUT2D eigenvalue weighted by Crippen LogP contribution is 2.44. The second-order valence-electron chi connectivity index (χ2n) is 4.71. The first-order chi connectivity index (χ1) is 10.4. The molecule has 5 nitrogen and oxygen atoms in total. The first kappa shape index (κ1) is 17.0. The van der Waals surface area contributed by atoms with Crippen molar-refractivity contribution in [1.82, 2.24) is 0 Å². The molecule has 0 spiro atoms. The van der Waals surface area contributed by atoms with Gasteiger partial charge in [-0.05, 0) is 12.8 Å². The topological polar surface area (TPSA) is 76.0 Å². The predicted octanol–water partition coefficient (Wildman–Crippen LogP) is 3.64. The molecule has 1 saturated carbocycles. The van der Waals surface area contributed by atoms with Gasteiger partial charge in [0, 0.05) is 11.5 Å². The maximum absolute atomic E-state index is 14.1. The van der Waals surface area contributed by atoms with Gasteiger partial charge in [-0.25, -0.2) is 22.8 Å². The van der Waals surface area contributed by atoms with Gasteiger partial charge in [-0.2, -0.15) is 0 Å². The summed E-state index contributed by atoms with van der Waals surface area (Å²) in [6, 6.07) is 0. The van der Waals surface area contributed by atoms with Gasteiger partial charge in [0.2, 0.25) is 0 Å². The van der Waals surface area contributed by atoms with Gasteiger partial charge in [-0.3, -0.25) is 4.79 Å². The van der Waals surface area contributed by atoms with Gasteiger partial charge in [-0.15, -0.1) is 4.33 Å². The van der Waals surface area contributed by atoms with E-state index in [4.69, 9.17) is 10.4 Å². The number of benzene rings is 1. The molecule has 22 heavy (non-hydrogen) atoms. The molecule has 10 heteroatoms. The third-order valence-corrected chi connectivity index (χ3v) is 4.26. The Hall–Kier alpha value is -1.36. The number of carbonyl (C=O) groups is 1. The molecular formula is C12H10F4O5S. The normalized spacial score (nSPS) is 21.3. The average Bonchev–Trinajstić information content (AvgIpc) is 2.95. The summed E-state index contributed by atoms with van der Waals surface area (Å²) in [5.74, 6) is -10.4. The third-order valence-electron chi connectivity index (χ3n) is 3.61. The van der Waals surface area contributed by atoms with E-state index in [1.54, 1.807) is 0 Å². The molecule has 1 aromatic rings. The number of carboxylic acid groups (broad SMARTS) is 1. The zero-order chi connectivity index (χ0) is 16.4. The zero-order valence-corrected chi connectivity index (χ0v) is 11.6. The van der Waals surface area contributed by atoms with Crippen LogP contribution in [0.5, 0.6) is 0 Å². The van der Waals surface area contributed by atoms with Crippen molar-refractivity contribution >= 4 is 18.0 Å². The number of aliphatic carboxylic acids is 1. The van der Waals surface area contributed by atoms with Crippen molar-refractivity contribution in [3.8, 4) is 0 Å². The first-order valence-corrected chi connectivity index (χ1v) is 6.87. The summed E-state index contributed by atoms with van der Waals surface area (Å²) in [5.41, 5.74) is -0.922. The van der Waals surface area contributed by atoms with Crippen LogP contribution in [-0.2, 0) is 14.2 Å². The van der Waals surface area contributed by atoms with Gasteiger partial charge < -0.3 is 5.11 Å². The van der Waals surface area contributed by atoms with Crippen LogP contribution in [0.4, 0.5) is 17.6 Å². The Morgan fingerprint density at radius 2 is 1.68 bits per heavy atom. The maximum Gasteiger partial charge on any atom is 0.307 e. The van der Waals surface area contributed by atoms with Crippen LogP contribution in [0, 0.1) is 29.2 Å². The second-order valence-corrected chi connectivity index (χ2v) is 5.42. The fraction of sp³-hybridized carbons (Fsp3) is 0.417. The summed E-state index contributed by atoms with van der Waals surface area (Å²) in [7, 11) is 0. The van der Waals surface area contributed by atoms with E-state index >= 15 is 0 Å². The molecular weight excluding hydrogens is 332 g/mol. The Labute approximate surface area is 125 Å². The Morgan fingerprint density at radius 3 is 2.18 bits per heavy atom. The van der Waals surface area contributed by atoms with E-state index in [-0.39, 0.29) is 24.9 Å². The van der Waals surface area contributed by atoms with Crippen LogP contribution in [0.25, 0.3) is 0 Å². The standard InChI is InChI=1S/C12H10F4O5S/c13-7-6(4-2-1-3-5(4)12(17)18)8(14)10(16)11(9(7)15)22-21-20-19/h4-5,19H,1-3H2,(H,17,18). The van der Waals surface area contributed by atoms with Crippen LogP contribution in [0.2, 0.25) is 0 Å². The van der Waals surface area contributed by atoms with E-state index in [2.05, 4.69) is 9.37 Å². The third kappa shape index (κ3) is 2.91. The summed E-state index contributed by atoms with van der Waals surface area (Å²) < 4.78 is 59.6. The second kappa shape index (κ2) is 6.82. The highest BCUT2D eigenvalue weighted by Gasteiger charge is 2.40. The van der Waals surface area contributed by atoms with Gasteiger partial charge in [0.05, 0.1) is 18.0 Å². The monoisotopic (exact) mass is 342 g/mol. The van der Waals surface area contributed by atoms with Gasteiger partial charge in [0.25, 0.3) is 0 Å². The molecule has 1 aliphatic carbocycles. The van der Waals surface area contributed by atoms with Crippen molar-refractivity contribution < 1.29 is 42.1 Å². The van der Waals surface area contributed by atoms with E-state index in [1.165, 1.54) is 0 Å². The van der Waals surface area contributed by atoms with Crippen molar-refractivity contribution in [3.05, 3.63) is 28.8 Å². The van der Waals surface area contributed by atoms with Crippen LogP contribution >= 0.6 is 12.0 Å². The molecule has 0 radical (unpaired) electrons. The lowest BCUT2D eigenvalue weighted by molar-refractivity contribution is -0.432. The average molecular weight is 342 g/mol. The molecule has 0 saturated heterocycles. The number of carboxylic acids is 1. The molecule has 2 atom stereocenters. The molecule has 0 aromatic heterocycles.